The molecule has 0 aliphatic carbocycles. The average Bonchev–Trinajstić information content (AvgIpc) is 2.39. The SMILES string of the molecule is CNC(=O)C(Br)C(Br)C(=O)NCCOCCC(=O)O. The van der Waals surface area contributed by atoms with Gasteiger partial charge in [-0.05, 0) is 0 Å². The maximum absolute atomic E-state index is 11.6. The molecule has 0 aliphatic heterocycles. The lowest BCUT2D eigenvalue weighted by molar-refractivity contribution is -0.138. The van der Waals surface area contributed by atoms with Crippen molar-refractivity contribution in [1.82, 2.24) is 10.6 Å². The quantitative estimate of drug-likeness (QED) is 0.367. The van der Waals surface area contributed by atoms with Crippen LogP contribution in [0.4, 0.5) is 0 Å². The third-order valence-electron chi connectivity index (χ3n) is 2.01. The summed E-state index contributed by atoms with van der Waals surface area (Å²) in [6, 6.07) is 0. The van der Waals surface area contributed by atoms with Crippen molar-refractivity contribution < 1.29 is 24.2 Å². The molecule has 0 aromatic heterocycles. The maximum atomic E-state index is 11.6. The molecule has 2 unspecified atom stereocenters. The van der Waals surface area contributed by atoms with Gasteiger partial charge in [-0.3, -0.25) is 14.4 Å². The van der Waals surface area contributed by atoms with Crippen molar-refractivity contribution in [1.29, 1.82) is 0 Å². The summed E-state index contributed by atoms with van der Waals surface area (Å²) in [6.45, 7) is 0.557. The average molecular weight is 404 g/mol. The lowest BCUT2D eigenvalue weighted by atomic mass is 10.3. The Morgan fingerprint density at radius 1 is 1.16 bits per heavy atom. The van der Waals surface area contributed by atoms with E-state index in [0.717, 1.165) is 0 Å². The third kappa shape index (κ3) is 8.17. The molecule has 110 valence electrons. The Balaban J connectivity index is 3.79. The van der Waals surface area contributed by atoms with E-state index in [1.54, 1.807) is 0 Å². The highest BCUT2D eigenvalue weighted by Crippen LogP contribution is 2.14. The summed E-state index contributed by atoms with van der Waals surface area (Å²) in [4.78, 5) is 31.7. The van der Waals surface area contributed by atoms with Crippen molar-refractivity contribution >= 4 is 49.6 Å². The number of aliphatic carboxylic acids is 1. The second kappa shape index (κ2) is 10.2. The second-order valence-electron chi connectivity index (χ2n) is 3.46. The predicted octanol–water partition coefficient (Wildman–Crippen LogP) is -0.133. The van der Waals surface area contributed by atoms with E-state index in [4.69, 9.17) is 9.84 Å². The largest absolute Gasteiger partial charge is 0.481 e. The zero-order chi connectivity index (χ0) is 14.8. The van der Waals surface area contributed by atoms with E-state index in [2.05, 4.69) is 42.5 Å². The Bertz CT molecular complexity index is 327. The van der Waals surface area contributed by atoms with Crippen LogP contribution in [0.2, 0.25) is 0 Å². The summed E-state index contributed by atoms with van der Waals surface area (Å²) < 4.78 is 5.00. The smallest absolute Gasteiger partial charge is 0.305 e. The van der Waals surface area contributed by atoms with Gasteiger partial charge in [0.05, 0.1) is 19.6 Å². The van der Waals surface area contributed by atoms with Crippen LogP contribution < -0.4 is 10.6 Å². The van der Waals surface area contributed by atoms with Gasteiger partial charge in [0, 0.05) is 13.6 Å². The van der Waals surface area contributed by atoms with Crippen LogP contribution in [0.1, 0.15) is 6.42 Å². The number of carbonyl (C=O) groups excluding carboxylic acids is 2. The van der Waals surface area contributed by atoms with Gasteiger partial charge < -0.3 is 20.5 Å². The molecule has 7 nitrogen and oxygen atoms in total. The first-order chi connectivity index (χ1) is 8.90. The zero-order valence-electron chi connectivity index (χ0n) is 10.3. The summed E-state index contributed by atoms with van der Waals surface area (Å²) in [5, 5.41) is 13.3. The van der Waals surface area contributed by atoms with Gasteiger partial charge in [-0.1, -0.05) is 31.9 Å². The monoisotopic (exact) mass is 402 g/mol. The fourth-order valence-electron chi connectivity index (χ4n) is 1.01. The highest BCUT2D eigenvalue weighted by molar-refractivity contribution is 9.12. The van der Waals surface area contributed by atoms with Gasteiger partial charge in [-0.2, -0.15) is 0 Å². The molecule has 0 radical (unpaired) electrons. The molecule has 0 aromatic carbocycles. The molecule has 0 spiro atoms. The molecular weight excluding hydrogens is 388 g/mol. The molecular formula is C10H16Br2N2O5. The molecule has 0 saturated heterocycles. The van der Waals surface area contributed by atoms with Crippen molar-refractivity contribution in [3.63, 3.8) is 0 Å². The number of rotatable bonds is 9. The highest BCUT2D eigenvalue weighted by Gasteiger charge is 2.28. The molecule has 19 heavy (non-hydrogen) atoms. The first kappa shape index (κ1) is 18.3. The van der Waals surface area contributed by atoms with Crippen LogP contribution in [0.15, 0.2) is 0 Å². The fraction of sp³-hybridized carbons (Fsp3) is 0.700. The summed E-state index contributed by atoms with van der Waals surface area (Å²) in [5.41, 5.74) is 0. The van der Waals surface area contributed by atoms with Crippen molar-refractivity contribution in [3.8, 4) is 0 Å². The fourth-order valence-corrected chi connectivity index (χ4v) is 1.88. The number of carboxylic acid groups (broad SMARTS) is 1. The van der Waals surface area contributed by atoms with E-state index in [0.29, 0.717) is 0 Å². The number of alkyl halides is 2. The topological polar surface area (TPSA) is 105 Å². The molecule has 3 N–H and O–H groups in total. The summed E-state index contributed by atoms with van der Waals surface area (Å²) in [5.74, 6) is -1.60. The van der Waals surface area contributed by atoms with Crippen LogP contribution >= 0.6 is 31.9 Å². The minimum atomic E-state index is -0.933. The molecule has 0 aliphatic rings. The zero-order valence-corrected chi connectivity index (χ0v) is 13.5. The van der Waals surface area contributed by atoms with Crippen molar-refractivity contribution in [3.05, 3.63) is 0 Å². The molecule has 0 saturated carbocycles. The van der Waals surface area contributed by atoms with Crippen LogP contribution in [0.3, 0.4) is 0 Å². The lowest BCUT2D eigenvalue weighted by Crippen LogP contribution is -2.43. The number of ether oxygens (including phenoxy) is 1. The Morgan fingerprint density at radius 3 is 2.26 bits per heavy atom. The van der Waals surface area contributed by atoms with Crippen LogP contribution in [0.25, 0.3) is 0 Å². The van der Waals surface area contributed by atoms with Gasteiger partial charge >= 0.3 is 5.97 Å². The number of amides is 2. The Morgan fingerprint density at radius 2 is 1.74 bits per heavy atom. The number of hydrogen-bond acceptors (Lipinski definition) is 4. The molecule has 9 heteroatoms. The first-order valence-electron chi connectivity index (χ1n) is 5.47. The normalized spacial score (nSPS) is 13.4. The summed E-state index contributed by atoms with van der Waals surface area (Å²) in [7, 11) is 1.48. The minimum Gasteiger partial charge on any atom is -0.481 e. The number of carboxylic acids is 1. The molecule has 2 amide bonds. The minimum absolute atomic E-state index is 0.0742. The van der Waals surface area contributed by atoms with Gasteiger partial charge in [-0.25, -0.2) is 0 Å². The highest BCUT2D eigenvalue weighted by atomic mass is 79.9. The van der Waals surface area contributed by atoms with Gasteiger partial charge in [0.1, 0.15) is 9.65 Å². The van der Waals surface area contributed by atoms with E-state index in [-0.39, 0.29) is 38.0 Å². The Hall–Kier alpha value is -0.670. The molecule has 0 rings (SSSR count). The lowest BCUT2D eigenvalue weighted by Gasteiger charge is -2.15. The molecule has 2 atom stereocenters. The van der Waals surface area contributed by atoms with E-state index in [1.807, 2.05) is 0 Å². The predicted molar refractivity (Wildman–Crippen MR) is 75.6 cm³/mol. The van der Waals surface area contributed by atoms with Gasteiger partial charge in [0.15, 0.2) is 0 Å². The second-order valence-corrected chi connectivity index (χ2v) is 5.44. The number of halogens is 2. The van der Waals surface area contributed by atoms with Gasteiger partial charge in [0.25, 0.3) is 0 Å². The third-order valence-corrected chi connectivity index (χ3v) is 4.61. The van der Waals surface area contributed by atoms with Crippen molar-refractivity contribution in [2.75, 3.05) is 26.8 Å². The maximum Gasteiger partial charge on any atom is 0.305 e. The molecule has 0 aromatic rings. The van der Waals surface area contributed by atoms with E-state index < -0.39 is 15.6 Å². The van der Waals surface area contributed by atoms with Crippen LogP contribution in [-0.2, 0) is 19.1 Å². The van der Waals surface area contributed by atoms with Gasteiger partial charge in [-0.15, -0.1) is 0 Å². The number of carbonyl (C=O) groups is 3. The Labute approximate surface area is 127 Å². The molecule has 0 heterocycles. The number of hydrogen-bond donors (Lipinski definition) is 3. The first-order valence-corrected chi connectivity index (χ1v) is 7.30. The van der Waals surface area contributed by atoms with E-state index in [9.17, 15) is 14.4 Å². The van der Waals surface area contributed by atoms with Crippen LogP contribution in [0.5, 0.6) is 0 Å². The van der Waals surface area contributed by atoms with Crippen molar-refractivity contribution in [2.24, 2.45) is 0 Å². The molecule has 0 bridgehead atoms. The summed E-state index contributed by atoms with van der Waals surface area (Å²) >= 11 is 6.22. The molecule has 0 fully saturated rings. The number of nitrogens with one attached hydrogen (secondary N) is 2. The standard InChI is InChI=1S/C10H16Br2N2O5/c1-13-9(17)7(11)8(12)10(18)14-3-5-19-4-2-6(15)16/h7-8H,2-5H2,1H3,(H,13,17)(H,14,18)(H,15,16). The van der Waals surface area contributed by atoms with Crippen LogP contribution in [0, 0.1) is 0 Å². The van der Waals surface area contributed by atoms with Crippen LogP contribution in [-0.4, -0.2) is 59.4 Å². The van der Waals surface area contributed by atoms with Gasteiger partial charge in [0.2, 0.25) is 11.8 Å². The van der Waals surface area contributed by atoms with E-state index >= 15 is 0 Å². The summed E-state index contributed by atoms with van der Waals surface area (Å²) in [6.07, 6.45) is -0.0742. The Kier molecular flexibility index (Phi) is 9.80. The van der Waals surface area contributed by atoms with Crippen molar-refractivity contribution in [2.45, 2.75) is 16.1 Å². The van der Waals surface area contributed by atoms with E-state index in [1.165, 1.54) is 7.05 Å².